The highest BCUT2D eigenvalue weighted by molar-refractivity contribution is 14.1. The molecule has 2 rings (SSSR count). The number of aromatic nitrogens is 2. The molecule has 0 fully saturated rings. The van der Waals surface area contributed by atoms with E-state index in [-0.39, 0.29) is 3.57 Å². The monoisotopic (exact) mass is 526 g/mol. The van der Waals surface area contributed by atoms with Gasteiger partial charge in [0.2, 0.25) is 0 Å². The van der Waals surface area contributed by atoms with Gasteiger partial charge in [-0.25, -0.2) is 19.1 Å². The van der Waals surface area contributed by atoms with Crippen LogP contribution in [0.3, 0.4) is 0 Å². The van der Waals surface area contributed by atoms with Crippen LogP contribution in [0.5, 0.6) is 0 Å². The predicted octanol–water partition coefficient (Wildman–Crippen LogP) is -0.275. The first-order chi connectivity index (χ1) is 13.6. The molecule has 4 N–H and O–H groups in total. The molecule has 0 saturated heterocycles. The van der Waals surface area contributed by atoms with Gasteiger partial charge in [-0.2, -0.15) is 0 Å². The van der Waals surface area contributed by atoms with Crippen LogP contribution in [0.1, 0.15) is 10.4 Å². The van der Waals surface area contributed by atoms with Crippen LogP contribution in [-0.2, 0) is 18.9 Å². The van der Waals surface area contributed by atoms with Crippen molar-refractivity contribution < 1.29 is 28.6 Å². The number of amides is 1. The molecule has 1 atom stereocenters. The van der Waals surface area contributed by atoms with E-state index in [1.807, 2.05) is 5.48 Å². The maximum Gasteiger partial charge on any atom is 0.332 e. The van der Waals surface area contributed by atoms with Gasteiger partial charge in [-0.3, -0.25) is 23.6 Å². The van der Waals surface area contributed by atoms with Gasteiger partial charge in [-0.1, -0.05) is 0 Å². The van der Waals surface area contributed by atoms with Crippen LogP contribution in [0.2, 0.25) is 0 Å². The lowest BCUT2D eigenvalue weighted by Gasteiger charge is -2.17. The Bertz CT molecular complexity index is 1060. The summed E-state index contributed by atoms with van der Waals surface area (Å²) in [4.78, 5) is 41.9. The molecule has 1 heterocycles. The lowest BCUT2D eigenvalue weighted by atomic mass is 10.2. The van der Waals surface area contributed by atoms with Gasteiger partial charge in [0.1, 0.15) is 35.7 Å². The third-order valence-corrected chi connectivity index (χ3v) is 4.63. The normalized spacial score (nSPS) is 12.0. The number of hydrogen-bond donors (Lipinski definition) is 4. The van der Waals surface area contributed by atoms with Crippen molar-refractivity contribution >= 4 is 40.0 Å². The molecule has 2 aromatic rings. The number of anilines is 2. The van der Waals surface area contributed by atoms with Crippen molar-refractivity contribution in [1.82, 2.24) is 14.6 Å². The molecule has 0 aliphatic rings. The highest BCUT2D eigenvalue weighted by Gasteiger charge is 2.24. The fourth-order valence-electron chi connectivity index (χ4n) is 2.25. The number of aliphatic hydroxyl groups excluding tert-OH is 2. The first-order valence-corrected chi connectivity index (χ1v) is 9.09. The van der Waals surface area contributed by atoms with Gasteiger partial charge in [0, 0.05) is 20.2 Å². The molecule has 0 saturated carbocycles. The zero-order valence-corrected chi connectivity index (χ0v) is 17.4. The molecule has 1 aromatic heterocycles. The Hall–Kier alpha value is -2.36. The van der Waals surface area contributed by atoms with E-state index in [4.69, 9.17) is 9.94 Å². The van der Waals surface area contributed by atoms with Gasteiger partial charge in [-0.15, -0.1) is 0 Å². The summed E-state index contributed by atoms with van der Waals surface area (Å²) >= 11 is 1.59. The average molecular weight is 526 g/mol. The Morgan fingerprint density at radius 3 is 2.52 bits per heavy atom. The minimum atomic E-state index is -1.28. The van der Waals surface area contributed by atoms with E-state index in [1.54, 1.807) is 22.6 Å². The van der Waals surface area contributed by atoms with E-state index in [2.05, 4.69) is 5.32 Å². The Morgan fingerprint density at radius 1 is 1.24 bits per heavy atom. The van der Waals surface area contributed by atoms with Gasteiger partial charge in [0.25, 0.3) is 11.5 Å². The summed E-state index contributed by atoms with van der Waals surface area (Å²) in [7, 11) is 2.35. The number of carbonyl (C=O) groups is 1. The molecule has 0 spiro atoms. The van der Waals surface area contributed by atoms with Crippen molar-refractivity contribution in [3.05, 3.63) is 53.7 Å². The number of hydroxylamine groups is 1. The number of benzene rings is 1. The molecule has 0 radical (unpaired) electrons. The van der Waals surface area contributed by atoms with Crippen LogP contribution in [0, 0.1) is 15.2 Å². The number of rotatable bonds is 7. The maximum atomic E-state index is 14.2. The van der Waals surface area contributed by atoms with Gasteiger partial charge in [0.15, 0.2) is 0 Å². The molecule has 0 unspecified atom stereocenters. The van der Waals surface area contributed by atoms with E-state index in [1.165, 1.54) is 7.05 Å². The summed E-state index contributed by atoms with van der Waals surface area (Å²) in [6.45, 7) is -1.10. The Labute approximate surface area is 175 Å². The van der Waals surface area contributed by atoms with Crippen LogP contribution in [0.15, 0.2) is 21.7 Å². The molecule has 0 aliphatic heterocycles. The first-order valence-electron chi connectivity index (χ1n) is 8.01. The second kappa shape index (κ2) is 9.43. The lowest BCUT2D eigenvalue weighted by molar-refractivity contribution is -0.0295. The van der Waals surface area contributed by atoms with Gasteiger partial charge < -0.3 is 15.5 Å². The van der Waals surface area contributed by atoms with Gasteiger partial charge >= 0.3 is 5.69 Å². The quantitative estimate of drug-likeness (QED) is 0.222. The molecule has 10 nitrogen and oxygen atoms in total. The second-order valence-electron chi connectivity index (χ2n) is 5.88. The summed E-state index contributed by atoms with van der Waals surface area (Å²) < 4.78 is 29.6. The van der Waals surface area contributed by atoms with Crippen LogP contribution in [0.4, 0.5) is 20.3 Å². The van der Waals surface area contributed by atoms with Crippen LogP contribution in [0.25, 0.3) is 0 Å². The topological polar surface area (TPSA) is 135 Å². The van der Waals surface area contributed by atoms with Crippen molar-refractivity contribution in [1.29, 1.82) is 0 Å². The molecule has 158 valence electrons. The van der Waals surface area contributed by atoms with Crippen molar-refractivity contribution in [2.75, 3.05) is 18.5 Å². The Kier molecular flexibility index (Phi) is 7.45. The van der Waals surface area contributed by atoms with E-state index in [0.29, 0.717) is 4.57 Å². The number of nitrogens with zero attached hydrogens (tertiary/aromatic N) is 2. The minimum Gasteiger partial charge on any atom is -0.394 e. The number of halogens is 3. The fourth-order valence-corrected chi connectivity index (χ4v) is 2.68. The lowest BCUT2D eigenvalue weighted by Crippen LogP contribution is -2.44. The number of hydrogen-bond acceptors (Lipinski definition) is 7. The largest absolute Gasteiger partial charge is 0.394 e. The summed E-state index contributed by atoms with van der Waals surface area (Å²) in [5.41, 5.74) is -0.977. The van der Waals surface area contributed by atoms with Crippen molar-refractivity contribution in [2.24, 2.45) is 14.1 Å². The van der Waals surface area contributed by atoms with Crippen molar-refractivity contribution in [3.63, 3.8) is 0 Å². The highest BCUT2D eigenvalue weighted by Crippen LogP contribution is 2.24. The minimum absolute atomic E-state index is 0.0114. The molecule has 1 amide bonds. The van der Waals surface area contributed by atoms with E-state index < -0.39 is 65.2 Å². The standard InChI is InChI=1S/C16H17F2IN4O6/c1-22-13(20-11-4-8(17)10(19)3-9(11)18)12(15(27)23(2)16(22)28)14(26)21-29-6-7(25)5-24/h3-4,7,20,24-25H,5-6H2,1-2H3,(H,21,26)/t7-/m1/s1. The predicted molar refractivity (Wildman–Crippen MR) is 106 cm³/mol. The Morgan fingerprint density at radius 2 is 1.90 bits per heavy atom. The third kappa shape index (κ3) is 4.98. The number of carbonyl (C=O) groups excluding carboxylic acids is 1. The zero-order chi connectivity index (χ0) is 21.9. The summed E-state index contributed by atoms with van der Waals surface area (Å²) in [6.07, 6.45) is -1.28. The summed E-state index contributed by atoms with van der Waals surface area (Å²) in [6, 6.07) is 1.71. The van der Waals surface area contributed by atoms with Crippen molar-refractivity contribution in [3.8, 4) is 0 Å². The molecular weight excluding hydrogens is 509 g/mol. The molecule has 1 aromatic carbocycles. The van der Waals surface area contributed by atoms with Crippen LogP contribution < -0.4 is 22.0 Å². The highest BCUT2D eigenvalue weighted by atomic mass is 127. The maximum absolute atomic E-state index is 14.2. The van der Waals surface area contributed by atoms with Crippen molar-refractivity contribution in [2.45, 2.75) is 6.10 Å². The summed E-state index contributed by atoms with van der Waals surface area (Å²) in [5, 5.41) is 20.4. The fraction of sp³-hybridized carbons (Fsp3) is 0.312. The molecule has 13 heteroatoms. The Balaban J connectivity index is 2.51. The third-order valence-electron chi connectivity index (χ3n) is 3.81. The van der Waals surface area contributed by atoms with Gasteiger partial charge in [-0.05, 0) is 28.7 Å². The zero-order valence-electron chi connectivity index (χ0n) is 15.2. The van der Waals surface area contributed by atoms with E-state index in [9.17, 15) is 28.3 Å². The first kappa shape index (κ1) is 22.9. The second-order valence-corrected chi connectivity index (χ2v) is 7.04. The summed E-state index contributed by atoms with van der Waals surface area (Å²) in [5.74, 6) is -3.14. The van der Waals surface area contributed by atoms with E-state index >= 15 is 0 Å². The van der Waals surface area contributed by atoms with Crippen LogP contribution in [-0.4, -0.2) is 44.6 Å². The average Bonchev–Trinajstić information content (AvgIpc) is 2.68. The smallest absolute Gasteiger partial charge is 0.332 e. The molecule has 0 aliphatic carbocycles. The van der Waals surface area contributed by atoms with Gasteiger partial charge in [0.05, 0.1) is 15.9 Å². The van der Waals surface area contributed by atoms with Crippen LogP contribution >= 0.6 is 22.6 Å². The number of aliphatic hydroxyl groups is 2. The molecule has 0 bridgehead atoms. The molecular formula is C16H17F2IN4O6. The molecule has 29 heavy (non-hydrogen) atoms. The number of nitrogens with one attached hydrogen (secondary N) is 2. The van der Waals surface area contributed by atoms with E-state index in [0.717, 1.165) is 23.7 Å². The SMILES string of the molecule is Cn1c(Nc2cc(F)c(I)cc2F)c(C(=O)NOC[C@H](O)CO)c(=O)n(C)c1=O.